The molecule has 0 bridgehead atoms. The van der Waals surface area contributed by atoms with Crippen molar-refractivity contribution in [3.05, 3.63) is 35.4 Å². The van der Waals surface area contributed by atoms with Gasteiger partial charge in [0.2, 0.25) is 5.91 Å². The summed E-state index contributed by atoms with van der Waals surface area (Å²) in [6, 6.07) is 4.81. The lowest BCUT2D eigenvalue weighted by atomic mass is 9.88. The number of aromatic nitrogens is 2. The molecule has 2 aliphatic rings. The number of hydrogen-bond donors (Lipinski definition) is 2. The first-order valence-electron chi connectivity index (χ1n) is 9.02. The average molecular weight is 392 g/mol. The Morgan fingerprint density at radius 2 is 2.00 bits per heavy atom. The summed E-state index contributed by atoms with van der Waals surface area (Å²) >= 11 is 0. The fraction of sp³-hybridized carbons (Fsp3) is 0.421. The first kappa shape index (κ1) is 18.7. The fourth-order valence-electron chi connectivity index (χ4n) is 4.03. The molecule has 2 aromatic rings. The number of hydrogen-bond acceptors (Lipinski definition) is 5. The molecule has 2 fully saturated rings. The predicted molar refractivity (Wildman–Crippen MR) is 95.7 cm³/mol. The molecule has 1 aromatic carbocycles. The lowest BCUT2D eigenvalue weighted by Gasteiger charge is -2.32. The van der Waals surface area contributed by atoms with Crippen molar-refractivity contribution in [1.82, 2.24) is 15.5 Å². The Kier molecular flexibility index (Phi) is 4.49. The highest BCUT2D eigenvalue weighted by Gasteiger charge is 2.40. The zero-order valence-corrected chi connectivity index (χ0v) is 15.1. The topological polar surface area (TPSA) is 78.4 Å². The second-order valence-electron chi connectivity index (χ2n) is 7.27. The Morgan fingerprint density at radius 3 is 2.64 bits per heavy atom. The number of amides is 1. The maximum absolute atomic E-state index is 12.9. The number of piperidine rings is 1. The molecule has 3 heterocycles. The van der Waals surface area contributed by atoms with Crippen LogP contribution >= 0.6 is 0 Å². The van der Waals surface area contributed by atoms with Gasteiger partial charge in [0, 0.05) is 18.7 Å². The number of aryl methyl sites for hydroxylation is 1. The van der Waals surface area contributed by atoms with Crippen LogP contribution in [0.15, 0.2) is 24.3 Å². The van der Waals surface area contributed by atoms with Gasteiger partial charge in [0.05, 0.1) is 17.2 Å². The molecule has 0 saturated carbocycles. The molecule has 2 aliphatic heterocycles. The molecule has 0 spiro atoms. The quantitative estimate of drug-likeness (QED) is 0.822. The van der Waals surface area contributed by atoms with E-state index in [1.807, 2.05) is 0 Å². The van der Waals surface area contributed by atoms with Gasteiger partial charge in [-0.3, -0.25) is 9.69 Å². The number of fused-ring (bicyclic) bond motifs is 1. The van der Waals surface area contributed by atoms with Crippen LogP contribution in [-0.4, -0.2) is 40.8 Å². The van der Waals surface area contributed by atoms with E-state index in [4.69, 9.17) is 0 Å². The molecule has 0 aliphatic carbocycles. The van der Waals surface area contributed by atoms with Crippen molar-refractivity contribution in [2.45, 2.75) is 19.5 Å². The number of anilines is 1. The molecule has 2 atom stereocenters. The average Bonchev–Trinajstić information content (AvgIpc) is 3.11. The maximum Gasteiger partial charge on any atom is 0.416 e. The van der Waals surface area contributed by atoms with E-state index in [0.29, 0.717) is 30.9 Å². The summed E-state index contributed by atoms with van der Waals surface area (Å²) in [6.07, 6.45) is -3.66. The van der Waals surface area contributed by atoms with Gasteiger partial charge in [-0.15, -0.1) is 10.2 Å². The number of aromatic hydroxyl groups is 1. The number of rotatable bonds is 2. The van der Waals surface area contributed by atoms with Gasteiger partial charge in [0.1, 0.15) is 5.75 Å². The van der Waals surface area contributed by atoms with Gasteiger partial charge in [0.15, 0.2) is 5.82 Å². The molecule has 148 valence electrons. The number of carbonyl (C=O) groups is 1. The molecule has 0 radical (unpaired) electrons. The van der Waals surface area contributed by atoms with Crippen LogP contribution in [0.1, 0.15) is 17.5 Å². The molecule has 28 heavy (non-hydrogen) atoms. The molecule has 6 nitrogen and oxygen atoms in total. The number of phenols is 1. The van der Waals surface area contributed by atoms with E-state index in [-0.39, 0.29) is 28.6 Å². The summed E-state index contributed by atoms with van der Waals surface area (Å²) in [6.45, 7) is 3.53. The fourth-order valence-corrected chi connectivity index (χ4v) is 4.03. The number of phenolic OH excluding ortho intramolecular Hbond substituents is 1. The second-order valence-corrected chi connectivity index (χ2v) is 7.27. The molecule has 0 unspecified atom stereocenters. The number of halogens is 3. The third kappa shape index (κ3) is 3.19. The zero-order chi connectivity index (χ0) is 20.1. The van der Waals surface area contributed by atoms with Crippen LogP contribution in [-0.2, 0) is 11.0 Å². The van der Waals surface area contributed by atoms with E-state index in [9.17, 15) is 23.1 Å². The van der Waals surface area contributed by atoms with E-state index in [2.05, 4.69) is 15.5 Å². The summed E-state index contributed by atoms with van der Waals surface area (Å²) in [5, 5.41) is 21.5. The van der Waals surface area contributed by atoms with Crippen LogP contribution in [0.25, 0.3) is 11.3 Å². The van der Waals surface area contributed by atoms with Crippen molar-refractivity contribution in [3.8, 4) is 17.0 Å². The maximum atomic E-state index is 12.9. The third-order valence-electron chi connectivity index (χ3n) is 5.47. The third-order valence-corrected chi connectivity index (χ3v) is 5.47. The van der Waals surface area contributed by atoms with Crippen LogP contribution in [0.5, 0.6) is 5.75 Å². The Labute approximate surface area is 159 Å². The zero-order valence-electron chi connectivity index (χ0n) is 15.1. The highest BCUT2D eigenvalue weighted by atomic mass is 19.4. The minimum Gasteiger partial charge on any atom is -0.507 e. The second kappa shape index (κ2) is 6.73. The van der Waals surface area contributed by atoms with Crippen molar-refractivity contribution < 1.29 is 23.1 Å². The molecule has 4 rings (SSSR count). The van der Waals surface area contributed by atoms with Crippen molar-refractivity contribution >= 4 is 11.7 Å². The Bertz CT molecular complexity index is 891. The Balaban J connectivity index is 1.61. The van der Waals surface area contributed by atoms with Gasteiger partial charge in [-0.05, 0) is 55.6 Å². The number of carbonyl (C=O) groups excluding carboxylic acids is 1. The first-order valence-corrected chi connectivity index (χ1v) is 9.02. The molecular weight excluding hydrogens is 373 g/mol. The number of benzene rings is 1. The lowest BCUT2D eigenvalue weighted by molar-refractivity contribution is -0.137. The van der Waals surface area contributed by atoms with E-state index in [0.717, 1.165) is 19.0 Å². The van der Waals surface area contributed by atoms with Gasteiger partial charge >= 0.3 is 6.18 Å². The first-order chi connectivity index (χ1) is 13.3. The normalized spacial score (nSPS) is 22.4. The standard InChI is InChI=1S/C19H19F3N4O2/c1-10-6-12(19(20,21)22)7-15(27)17(10)14-2-3-16(25-24-14)26-5-4-11-8-23-9-13(11)18(26)28/h2-3,6-7,11,13,23,27H,4-5,8-9H2,1H3/t11-,13-/m0/s1. The summed E-state index contributed by atoms with van der Waals surface area (Å²) in [5.74, 6) is 0.197. The monoisotopic (exact) mass is 392 g/mol. The van der Waals surface area contributed by atoms with Gasteiger partial charge in [0.25, 0.3) is 0 Å². The number of nitrogens with one attached hydrogen (secondary N) is 1. The minimum absolute atomic E-state index is 0.0110. The molecule has 2 saturated heterocycles. The van der Waals surface area contributed by atoms with Gasteiger partial charge in [-0.2, -0.15) is 13.2 Å². The molecular formula is C19H19F3N4O2. The van der Waals surface area contributed by atoms with Crippen molar-refractivity contribution in [2.75, 3.05) is 24.5 Å². The van der Waals surface area contributed by atoms with Crippen molar-refractivity contribution in [2.24, 2.45) is 11.8 Å². The van der Waals surface area contributed by atoms with E-state index in [1.165, 1.54) is 6.92 Å². The summed E-state index contributed by atoms with van der Waals surface area (Å²) in [4.78, 5) is 14.3. The van der Waals surface area contributed by atoms with E-state index >= 15 is 0 Å². The molecule has 2 N–H and O–H groups in total. The highest BCUT2D eigenvalue weighted by molar-refractivity contribution is 5.95. The minimum atomic E-state index is -4.54. The van der Waals surface area contributed by atoms with Crippen LogP contribution < -0.4 is 10.2 Å². The molecule has 9 heteroatoms. The van der Waals surface area contributed by atoms with Crippen LogP contribution in [0.4, 0.5) is 19.0 Å². The van der Waals surface area contributed by atoms with Crippen molar-refractivity contribution in [1.29, 1.82) is 0 Å². The smallest absolute Gasteiger partial charge is 0.416 e. The van der Waals surface area contributed by atoms with E-state index < -0.39 is 17.5 Å². The summed E-state index contributed by atoms with van der Waals surface area (Å²) < 4.78 is 38.7. The summed E-state index contributed by atoms with van der Waals surface area (Å²) in [7, 11) is 0. The SMILES string of the molecule is Cc1cc(C(F)(F)F)cc(O)c1-c1ccc(N2CC[C@H]3CNC[C@@H]3C2=O)nn1. The Morgan fingerprint density at radius 1 is 1.21 bits per heavy atom. The molecule has 1 aromatic heterocycles. The Hall–Kier alpha value is -2.68. The van der Waals surface area contributed by atoms with Crippen molar-refractivity contribution in [3.63, 3.8) is 0 Å². The molecule has 1 amide bonds. The number of nitrogens with zero attached hydrogens (tertiary/aromatic N) is 3. The summed E-state index contributed by atoms with van der Waals surface area (Å²) in [5.41, 5.74) is -0.243. The lowest BCUT2D eigenvalue weighted by Crippen LogP contribution is -2.45. The largest absolute Gasteiger partial charge is 0.507 e. The van der Waals surface area contributed by atoms with Crippen LogP contribution in [0.3, 0.4) is 0 Å². The van der Waals surface area contributed by atoms with E-state index in [1.54, 1.807) is 17.0 Å². The number of alkyl halides is 3. The van der Waals surface area contributed by atoms with Gasteiger partial charge in [-0.25, -0.2) is 0 Å². The van der Waals surface area contributed by atoms with Gasteiger partial charge < -0.3 is 10.4 Å². The van der Waals surface area contributed by atoms with Gasteiger partial charge in [-0.1, -0.05) is 0 Å². The van der Waals surface area contributed by atoms with Crippen LogP contribution in [0.2, 0.25) is 0 Å². The van der Waals surface area contributed by atoms with Crippen LogP contribution in [0, 0.1) is 18.8 Å². The predicted octanol–water partition coefficient (Wildman–Crippen LogP) is 2.75. The highest BCUT2D eigenvalue weighted by Crippen LogP contribution is 2.38.